The molecule has 4 heteroatoms. The molecular formula is C9H15N3O. The average molecular weight is 181 g/mol. The van der Waals surface area contributed by atoms with Gasteiger partial charge in [-0.3, -0.25) is 4.98 Å². The van der Waals surface area contributed by atoms with Crippen molar-refractivity contribution < 1.29 is 5.11 Å². The van der Waals surface area contributed by atoms with Crippen LogP contribution in [0.15, 0.2) is 12.4 Å². The van der Waals surface area contributed by atoms with Crippen molar-refractivity contribution in [3.63, 3.8) is 0 Å². The van der Waals surface area contributed by atoms with Crippen molar-refractivity contribution in [3.05, 3.63) is 18.1 Å². The van der Waals surface area contributed by atoms with Crippen LogP contribution in [-0.4, -0.2) is 34.8 Å². The van der Waals surface area contributed by atoms with Crippen molar-refractivity contribution in [2.24, 2.45) is 0 Å². The lowest BCUT2D eigenvalue weighted by Gasteiger charge is -2.19. The van der Waals surface area contributed by atoms with Gasteiger partial charge in [0.1, 0.15) is 5.82 Å². The van der Waals surface area contributed by atoms with Crippen molar-refractivity contribution in [2.45, 2.75) is 20.0 Å². The molecule has 0 spiro atoms. The largest absolute Gasteiger partial charge is 0.392 e. The number of aliphatic hydroxyl groups excluding tert-OH is 1. The molecule has 0 amide bonds. The Morgan fingerprint density at radius 2 is 2.23 bits per heavy atom. The molecule has 0 bridgehead atoms. The highest BCUT2D eigenvalue weighted by Gasteiger charge is 2.05. The quantitative estimate of drug-likeness (QED) is 0.742. The molecule has 0 radical (unpaired) electrons. The van der Waals surface area contributed by atoms with Gasteiger partial charge in [-0.15, -0.1) is 0 Å². The van der Waals surface area contributed by atoms with Crippen LogP contribution in [0.1, 0.15) is 12.6 Å². The molecule has 0 aliphatic carbocycles. The maximum atomic E-state index is 9.16. The Morgan fingerprint density at radius 1 is 1.54 bits per heavy atom. The summed E-state index contributed by atoms with van der Waals surface area (Å²) >= 11 is 0. The summed E-state index contributed by atoms with van der Waals surface area (Å²) in [6, 6.07) is 0. The predicted octanol–water partition coefficient (Wildman–Crippen LogP) is 0.602. The van der Waals surface area contributed by atoms with E-state index < -0.39 is 0 Å². The minimum absolute atomic E-state index is 0.354. The zero-order chi connectivity index (χ0) is 9.84. The van der Waals surface area contributed by atoms with E-state index in [0.717, 1.165) is 11.5 Å². The standard InChI is InChI=1S/C9H15N3O/c1-7-4-10-5-9(11-7)12(3)6-8(2)13/h4-5,8,13H,6H2,1-3H3/t8-/m0/s1. The molecule has 1 atom stereocenters. The highest BCUT2D eigenvalue weighted by atomic mass is 16.3. The number of likely N-dealkylation sites (N-methyl/N-ethyl adjacent to an activating group) is 1. The molecule has 0 aliphatic rings. The summed E-state index contributed by atoms with van der Waals surface area (Å²) in [4.78, 5) is 10.2. The molecule has 0 saturated heterocycles. The number of anilines is 1. The third-order valence-electron chi connectivity index (χ3n) is 1.67. The van der Waals surface area contributed by atoms with Gasteiger partial charge in [0.25, 0.3) is 0 Å². The molecule has 0 unspecified atom stereocenters. The minimum atomic E-state index is -0.354. The Labute approximate surface area is 78.2 Å². The number of rotatable bonds is 3. The first-order valence-electron chi connectivity index (χ1n) is 4.27. The van der Waals surface area contributed by atoms with Crippen molar-refractivity contribution in [3.8, 4) is 0 Å². The first-order valence-corrected chi connectivity index (χ1v) is 4.27. The van der Waals surface area contributed by atoms with Gasteiger partial charge in [0.05, 0.1) is 18.0 Å². The van der Waals surface area contributed by atoms with E-state index in [1.165, 1.54) is 0 Å². The molecule has 4 nitrogen and oxygen atoms in total. The molecule has 1 aromatic rings. The monoisotopic (exact) mass is 181 g/mol. The number of hydrogen-bond donors (Lipinski definition) is 1. The topological polar surface area (TPSA) is 49.2 Å². The molecule has 1 rings (SSSR count). The number of aryl methyl sites for hydroxylation is 1. The second kappa shape index (κ2) is 4.18. The van der Waals surface area contributed by atoms with Crippen LogP contribution < -0.4 is 4.90 Å². The van der Waals surface area contributed by atoms with Crippen molar-refractivity contribution in [2.75, 3.05) is 18.5 Å². The summed E-state index contributed by atoms with van der Waals surface area (Å²) < 4.78 is 0. The van der Waals surface area contributed by atoms with E-state index in [2.05, 4.69) is 9.97 Å². The van der Waals surface area contributed by atoms with E-state index in [1.807, 2.05) is 18.9 Å². The van der Waals surface area contributed by atoms with E-state index in [4.69, 9.17) is 5.11 Å². The molecule has 13 heavy (non-hydrogen) atoms. The summed E-state index contributed by atoms with van der Waals surface area (Å²) in [5, 5.41) is 9.16. The second-order valence-corrected chi connectivity index (χ2v) is 3.25. The fourth-order valence-corrected chi connectivity index (χ4v) is 1.12. The molecular weight excluding hydrogens is 166 g/mol. The van der Waals surface area contributed by atoms with Crippen LogP contribution in [-0.2, 0) is 0 Å². The number of aliphatic hydroxyl groups is 1. The SMILES string of the molecule is Cc1cncc(N(C)C[C@H](C)O)n1. The van der Waals surface area contributed by atoms with Gasteiger partial charge in [-0.05, 0) is 13.8 Å². The smallest absolute Gasteiger partial charge is 0.147 e. The van der Waals surface area contributed by atoms with Gasteiger partial charge in [0, 0.05) is 19.8 Å². The normalized spacial score (nSPS) is 12.6. The van der Waals surface area contributed by atoms with Crippen molar-refractivity contribution in [1.82, 2.24) is 9.97 Å². The predicted molar refractivity (Wildman–Crippen MR) is 51.7 cm³/mol. The minimum Gasteiger partial charge on any atom is -0.392 e. The Morgan fingerprint density at radius 3 is 2.77 bits per heavy atom. The van der Waals surface area contributed by atoms with Crippen LogP contribution in [0.5, 0.6) is 0 Å². The van der Waals surface area contributed by atoms with E-state index in [1.54, 1.807) is 19.3 Å². The van der Waals surface area contributed by atoms with Gasteiger partial charge in [0.15, 0.2) is 0 Å². The Bertz CT molecular complexity index is 275. The molecule has 0 aromatic carbocycles. The molecule has 0 aliphatic heterocycles. The van der Waals surface area contributed by atoms with Crippen LogP contribution in [0.3, 0.4) is 0 Å². The first-order chi connectivity index (χ1) is 6.09. The van der Waals surface area contributed by atoms with Crippen molar-refractivity contribution in [1.29, 1.82) is 0 Å². The van der Waals surface area contributed by atoms with Gasteiger partial charge >= 0.3 is 0 Å². The van der Waals surface area contributed by atoms with Gasteiger partial charge in [-0.2, -0.15) is 0 Å². The van der Waals surface area contributed by atoms with E-state index in [0.29, 0.717) is 6.54 Å². The van der Waals surface area contributed by atoms with Crippen LogP contribution in [0.2, 0.25) is 0 Å². The van der Waals surface area contributed by atoms with Gasteiger partial charge < -0.3 is 10.0 Å². The summed E-state index contributed by atoms with van der Waals surface area (Å²) in [5.74, 6) is 0.793. The maximum absolute atomic E-state index is 9.16. The molecule has 0 fully saturated rings. The summed E-state index contributed by atoms with van der Waals surface area (Å²) in [5.41, 5.74) is 0.884. The second-order valence-electron chi connectivity index (χ2n) is 3.25. The summed E-state index contributed by atoms with van der Waals surface area (Å²) in [6.07, 6.45) is 3.04. The number of hydrogen-bond acceptors (Lipinski definition) is 4. The Hall–Kier alpha value is -1.16. The average Bonchev–Trinajstić information content (AvgIpc) is 2.03. The summed E-state index contributed by atoms with van der Waals surface area (Å²) in [7, 11) is 1.89. The van der Waals surface area contributed by atoms with Gasteiger partial charge in [0.2, 0.25) is 0 Å². The van der Waals surface area contributed by atoms with E-state index in [-0.39, 0.29) is 6.10 Å². The number of nitrogens with zero attached hydrogens (tertiary/aromatic N) is 3. The van der Waals surface area contributed by atoms with Crippen LogP contribution in [0.4, 0.5) is 5.82 Å². The molecule has 1 aromatic heterocycles. The van der Waals surface area contributed by atoms with Gasteiger partial charge in [-0.25, -0.2) is 4.98 Å². The highest BCUT2D eigenvalue weighted by Crippen LogP contribution is 2.07. The zero-order valence-electron chi connectivity index (χ0n) is 8.23. The lowest BCUT2D eigenvalue weighted by molar-refractivity contribution is 0.201. The molecule has 1 N–H and O–H groups in total. The highest BCUT2D eigenvalue weighted by molar-refractivity contribution is 5.34. The number of aromatic nitrogens is 2. The zero-order valence-corrected chi connectivity index (χ0v) is 8.23. The van der Waals surface area contributed by atoms with Crippen LogP contribution >= 0.6 is 0 Å². The third kappa shape index (κ3) is 2.99. The Balaban J connectivity index is 2.71. The lowest BCUT2D eigenvalue weighted by atomic mass is 10.4. The molecule has 1 heterocycles. The van der Waals surface area contributed by atoms with E-state index in [9.17, 15) is 0 Å². The van der Waals surface area contributed by atoms with Crippen molar-refractivity contribution >= 4 is 5.82 Å². The fraction of sp³-hybridized carbons (Fsp3) is 0.556. The first kappa shape index (κ1) is 9.92. The summed E-state index contributed by atoms with van der Waals surface area (Å²) in [6.45, 7) is 4.21. The van der Waals surface area contributed by atoms with E-state index >= 15 is 0 Å². The van der Waals surface area contributed by atoms with Crippen LogP contribution in [0, 0.1) is 6.92 Å². The molecule has 0 saturated carbocycles. The van der Waals surface area contributed by atoms with Gasteiger partial charge in [-0.1, -0.05) is 0 Å². The Kier molecular flexibility index (Phi) is 3.19. The third-order valence-corrected chi connectivity index (χ3v) is 1.67. The van der Waals surface area contributed by atoms with Crippen LogP contribution in [0.25, 0.3) is 0 Å². The fourth-order valence-electron chi connectivity index (χ4n) is 1.12. The lowest BCUT2D eigenvalue weighted by Crippen LogP contribution is -2.27. The maximum Gasteiger partial charge on any atom is 0.147 e. The molecule has 72 valence electrons.